The number of ether oxygens (including phenoxy) is 4. The van der Waals surface area contributed by atoms with Crippen LogP contribution in [-0.2, 0) is 28.0 Å². The fraction of sp³-hybridized carbons (Fsp3) is 0.393. The van der Waals surface area contributed by atoms with Crippen LogP contribution in [0.3, 0.4) is 0 Å². The standard InChI is InChI=1S/C28H31NO5/c1-19-25(34-17-22-16-31-11-12-32-22)14-26(30)29-18-28(2,3)24-13-21(9-10-23(24)27(19)29)33-15-20-7-5-4-6-8-20/h4-10,13-14,22H,11-12,15-18H2,1-3H3/t22-/m0/s1. The zero-order valence-corrected chi connectivity index (χ0v) is 20.0. The number of fused-ring (bicyclic) bond motifs is 3. The highest BCUT2D eigenvalue weighted by Gasteiger charge is 2.34. The Kier molecular flexibility index (Phi) is 6.19. The normalized spacial score (nSPS) is 18.6. The summed E-state index contributed by atoms with van der Waals surface area (Å²) < 4.78 is 25.2. The molecule has 6 nitrogen and oxygen atoms in total. The molecule has 0 saturated carbocycles. The van der Waals surface area contributed by atoms with Crippen LogP contribution < -0.4 is 15.0 Å². The lowest BCUT2D eigenvalue weighted by atomic mass is 9.77. The third kappa shape index (κ3) is 4.48. The molecular formula is C28H31NO5. The van der Waals surface area contributed by atoms with Gasteiger partial charge in [0.25, 0.3) is 5.56 Å². The van der Waals surface area contributed by atoms with Crippen LogP contribution in [0.15, 0.2) is 59.4 Å². The molecule has 178 valence electrons. The van der Waals surface area contributed by atoms with E-state index in [2.05, 4.69) is 38.1 Å². The first-order valence-electron chi connectivity index (χ1n) is 11.8. The number of hydrogen-bond acceptors (Lipinski definition) is 5. The average molecular weight is 462 g/mol. The molecule has 1 saturated heterocycles. The Morgan fingerprint density at radius 2 is 1.88 bits per heavy atom. The molecule has 1 atom stereocenters. The lowest BCUT2D eigenvalue weighted by Gasteiger charge is -2.36. The monoisotopic (exact) mass is 461 g/mol. The van der Waals surface area contributed by atoms with Crippen molar-refractivity contribution in [2.45, 2.75) is 45.4 Å². The van der Waals surface area contributed by atoms with Gasteiger partial charge in [-0.1, -0.05) is 44.2 Å². The van der Waals surface area contributed by atoms with Crippen LogP contribution in [0.1, 0.15) is 30.5 Å². The van der Waals surface area contributed by atoms with Gasteiger partial charge in [-0.3, -0.25) is 4.79 Å². The Hall–Kier alpha value is -3.09. The van der Waals surface area contributed by atoms with Crippen molar-refractivity contribution >= 4 is 0 Å². The van der Waals surface area contributed by atoms with Crippen LogP contribution in [0, 0.1) is 6.92 Å². The van der Waals surface area contributed by atoms with Gasteiger partial charge in [-0.05, 0) is 36.2 Å². The molecule has 1 fully saturated rings. The highest BCUT2D eigenvalue weighted by molar-refractivity contribution is 5.73. The van der Waals surface area contributed by atoms with Gasteiger partial charge in [0.15, 0.2) is 0 Å². The summed E-state index contributed by atoms with van der Waals surface area (Å²) in [4.78, 5) is 13.1. The molecular weight excluding hydrogens is 430 g/mol. The molecule has 34 heavy (non-hydrogen) atoms. The summed E-state index contributed by atoms with van der Waals surface area (Å²) in [5, 5.41) is 0. The Bertz CT molecular complexity index is 1230. The van der Waals surface area contributed by atoms with E-state index in [0.29, 0.717) is 45.3 Å². The van der Waals surface area contributed by atoms with Crippen molar-refractivity contribution in [2.24, 2.45) is 0 Å². The van der Waals surface area contributed by atoms with E-state index in [1.165, 1.54) is 5.56 Å². The van der Waals surface area contributed by atoms with Crippen LogP contribution >= 0.6 is 0 Å². The van der Waals surface area contributed by atoms with Crippen molar-refractivity contribution in [1.29, 1.82) is 0 Å². The molecule has 0 bridgehead atoms. The van der Waals surface area contributed by atoms with Crippen LogP contribution in [0.4, 0.5) is 0 Å². The molecule has 3 aromatic rings. The summed E-state index contributed by atoms with van der Waals surface area (Å²) in [5.41, 5.74) is 4.92. The summed E-state index contributed by atoms with van der Waals surface area (Å²) in [6.07, 6.45) is -0.123. The maximum Gasteiger partial charge on any atom is 0.254 e. The van der Waals surface area contributed by atoms with E-state index in [9.17, 15) is 4.79 Å². The number of pyridine rings is 1. The molecule has 1 aromatic heterocycles. The summed E-state index contributed by atoms with van der Waals surface area (Å²) in [6.45, 7) is 9.50. The maximum absolute atomic E-state index is 13.1. The van der Waals surface area contributed by atoms with E-state index >= 15 is 0 Å². The second kappa shape index (κ2) is 9.28. The summed E-state index contributed by atoms with van der Waals surface area (Å²) >= 11 is 0. The van der Waals surface area contributed by atoms with E-state index in [0.717, 1.165) is 28.1 Å². The predicted molar refractivity (Wildman–Crippen MR) is 131 cm³/mol. The minimum Gasteiger partial charge on any atom is -0.490 e. The number of aromatic nitrogens is 1. The lowest BCUT2D eigenvalue weighted by Crippen LogP contribution is -2.37. The Morgan fingerprint density at radius 1 is 1.06 bits per heavy atom. The van der Waals surface area contributed by atoms with Gasteiger partial charge in [0.05, 0.1) is 25.5 Å². The van der Waals surface area contributed by atoms with Crippen LogP contribution in [0.25, 0.3) is 11.3 Å². The first kappa shape index (κ1) is 22.7. The minimum absolute atomic E-state index is 0.0560. The van der Waals surface area contributed by atoms with Crippen molar-refractivity contribution in [3.8, 4) is 22.8 Å². The number of rotatable bonds is 6. The van der Waals surface area contributed by atoms with Crippen molar-refractivity contribution in [3.63, 3.8) is 0 Å². The summed E-state index contributed by atoms with van der Waals surface area (Å²) in [5.74, 6) is 1.42. The maximum atomic E-state index is 13.1. The Balaban J connectivity index is 1.46. The Labute approximate surface area is 200 Å². The molecule has 0 amide bonds. The first-order chi connectivity index (χ1) is 16.4. The highest BCUT2D eigenvalue weighted by Crippen LogP contribution is 2.43. The third-order valence-electron chi connectivity index (χ3n) is 6.60. The molecule has 0 radical (unpaired) electrons. The second-order valence-corrected chi connectivity index (χ2v) is 9.65. The highest BCUT2D eigenvalue weighted by atomic mass is 16.6. The van der Waals surface area contributed by atoms with Crippen molar-refractivity contribution < 1.29 is 18.9 Å². The molecule has 2 aliphatic rings. The van der Waals surface area contributed by atoms with E-state index in [-0.39, 0.29) is 17.1 Å². The van der Waals surface area contributed by atoms with Gasteiger partial charge in [-0.15, -0.1) is 0 Å². The van der Waals surface area contributed by atoms with Gasteiger partial charge in [0.2, 0.25) is 0 Å². The van der Waals surface area contributed by atoms with E-state index in [1.54, 1.807) is 6.07 Å². The summed E-state index contributed by atoms with van der Waals surface area (Å²) in [7, 11) is 0. The lowest BCUT2D eigenvalue weighted by molar-refractivity contribution is -0.101. The Morgan fingerprint density at radius 3 is 2.65 bits per heavy atom. The van der Waals surface area contributed by atoms with Gasteiger partial charge in [0, 0.05) is 29.2 Å². The van der Waals surface area contributed by atoms with Gasteiger partial charge in [-0.2, -0.15) is 0 Å². The molecule has 0 unspecified atom stereocenters. The SMILES string of the molecule is Cc1c(OC[C@@H]2COCCO2)cc(=O)n2c1-c1ccc(OCc3ccccc3)cc1C(C)(C)C2. The fourth-order valence-corrected chi connectivity index (χ4v) is 4.80. The van der Waals surface area contributed by atoms with Gasteiger partial charge in [0.1, 0.15) is 30.8 Å². The number of benzene rings is 2. The third-order valence-corrected chi connectivity index (χ3v) is 6.60. The summed E-state index contributed by atoms with van der Waals surface area (Å²) in [6, 6.07) is 17.9. The quantitative estimate of drug-likeness (QED) is 0.542. The topological polar surface area (TPSA) is 58.9 Å². The van der Waals surface area contributed by atoms with Crippen molar-refractivity contribution in [3.05, 3.63) is 81.6 Å². The minimum atomic E-state index is -0.222. The molecule has 3 heterocycles. The molecule has 2 aromatic carbocycles. The van der Waals surface area contributed by atoms with Gasteiger partial charge in [-0.25, -0.2) is 0 Å². The average Bonchev–Trinajstić information content (AvgIpc) is 2.85. The van der Waals surface area contributed by atoms with Crippen LogP contribution in [0.2, 0.25) is 0 Å². The van der Waals surface area contributed by atoms with E-state index in [1.807, 2.05) is 35.8 Å². The zero-order valence-electron chi connectivity index (χ0n) is 20.0. The smallest absolute Gasteiger partial charge is 0.254 e. The predicted octanol–water partition coefficient (Wildman–Crippen LogP) is 4.49. The van der Waals surface area contributed by atoms with Crippen molar-refractivity contribution in [1.82, 2.24) is 4.57 Å². The first-order valence-corrected chi connectivity index (χ1v) is 11.8. The number of nitrogens with zero attached hydrogens (tertiary/aromatic N) is 1. The molecule has 0 aliphatic carbocycles. The van der Waals surface area contributed by atoms with E-state index in [4.69, 9.17) is 18.9 Å². The second-order valence-electron chi connectivity index (χ2n) is 9.65. The molecule has 2 aliphatic heterocycles. The number of hydrogen-bond donors (Lipinski definition) is 0. The van der Waals surface area contributed by atoms with Crippen LogP contribution in [0.5, 0.6) is 11.5 Å². The molecule has 0 N–H and O–H groups in total. The van der Waals surface area contributed by atoms with E-state index < -0.39 is 0 Å². The molecule has 6 heteroatoms. The van der Waals surface area contributed by atoms with Crippen LogP contribution in [-0.4, -0.2) is 37.1 Å². The van der Waals surface area contributed by atoms with Crippen molar-refractivity contribution in [2.75, 3.05) is 26.4 Å². The van der Waals surface area contributed by atoms with Gasteiger partial charge >= 0.3 is 0 Å². The largest absolute Gasteiger partial charge is 0.490 e. The zero-order chi connectivity index (χ0) is 23.7. The fourth-order valence-electron chi connectivity index (χ4n) is 4.80. The van der Waals surface area contributed by atoms with Gasteiger partial charge < -0.3 is 23.5 Å². The molecule has 5 rings (SSSR count). The molecule has 0 spiro atoms.